The number of benzene rings is 1. The van der Waals surface area contributed by atoms with E-state index in [1.54, 1.807) is 6.33 Å². The second-order valence-electron chi connectivity index (χ2n) is 12.2. The molecule has 7 rings (SSSR count). The van der Waals surface area contributed by atoms with E-state index in [9.17, 15) is 17.6 Å². The van der Waals surface area contributed by atoms with E-state index in [-0.39, 0.29) is 36.9 Å². The fourth-order valence-electron chi connectivity index (χ4n) is 7.16. The Kier molecular flexibility index (Phi) is 6.65. The number of imidazole rings is 1. The van der Waals surface area contributed by atoms with Gasteiger partial charge in [-0.3, -0.25) is 4.90 Å². The number of hydrogen-bond donors (Lipinski definition) is 0. The molecule has 0 amide bonds. The third-order valence-electron chi connectivity index (χ3n) is 9.23. The zero-order chi connectivity index (χ0) is 29.3. The molecule has 0 N–H and O–H groups in total. The highest BCUT2D eigenvalue weighted by atomic mass is 19.3. The number of alkyl halides is 2. The number of hydrogen-bond acceptors (Lipinski definition) is 7. The van der Waals surface area contributed by atoms with Gasteiger partial charge in [-0.25, -0.2) is 26.9 Å². The summed E-state index contributed by atoms with van der Waals surface area (Å²) in [5.41, 5.74) is 2.11. The molecule has 5 heterocycles. The number of nitrogens with zero attached hydrogens (tertiary/aromatic N) is 8. The van der Waals surface area contributed by atoms with Gasteiger partial charge in [0.15, 0.2) is 23.1 Å². The lowest BCUT2D eigenvalue weighted by atomic mass is 9.73. The van der Waals surface area contributed by atoms with Crippen molar-refractivity contribution in [1.29, 1.82) is 0 Å². The first-order valence-corrected chi connectivity index (χ1v) is 14.6. The zero-order valence-electron chi connectivity index (χ0n) is 23.9. The Morgan fingerprint density at radius 1 is 1.07 bits per heavy atom. The van der Waals surface area contributed by atoms with Crippen molar-refractivity contribution in [2.45, 2.75) is 83.2 Å². The first-order chi connectivity index (χ1) is 20.1. The van der Waals surface area contributed by atoms with Crippen LogP contribution in [0.3, 0.4) is 0 Å². The van der Waals surface area contributed by atoms with Gasteiger partial charge in [0, 0.05) is 50.7 Å². The molecule has 42 heavy (non-hydrogen) atoms. The van der Waals surface area contributed by atoms with E-state index in [1.165, 1.54) is 6.07 Å². The van der Waals surface area contributed by atoms with Crippen LogP contribution in [0, 0.1) is 24.5 Å². The standard InChI is InChI=1S/C29H34F4N8O/c1-16-13-39(17(2)12-38(16)25(20-10-29(32,33)11-20)19-6-7-22(30)23(31)9-19)26-24-27(41-15-34-37-28(41)36-26)40(18(3)35-24)14-21-5-4-8-42-21/h6-7,9,15-17,20-21,25H,4-5,8,10-14H2,1-3H3/t16-,17+,21+,25-/m1/s1. The molecule has 13 heteroatoms. The van der Waals surface area contributed by atoms with Gasteiger partial charge in [-0.2, -0.15) is 4.98 Å². The number of piperazine rings is 1. The summed E-state index contributed by atoms with van der Waals surface area (Å²) in [4.78, 5) is 14.2. The summed E-state index contributed by atoms with van der Waals surface area (Å²) < 4.78 is 66.1. The van der Waals surface area contributed by atoms with Gasteiger partial charge in [0.25, 0.3) is 5.78 Å². The number of fused-ring (bicyclic) bond motifs is 3. The number of rotatable bonds is 6. The fraction of sp³-hybridized carbons (Fsp3) is 0.586. The van der Waals surface area contributed by atoms with Crippen LogP contribution in [0.1, 0.15) is 57.0 Å². The van der Waals surface area contributed by atoms with Gasteiger partial charge >= 0.3 is 0 Å². The molecule has 4 atom stereocenters. The first kappa shape index (κ1) is 27.5. The highest BCUT2D eigenvalue weighted by molar-refractivity contribution is 5.87. The summed E-state index contributed by atoms with van der Waals surface area (Å²) in [7, 11) is 0. The van der Waals surface area contributed by atoms with Crippen molar-refractivity contribution in [3.8, 4) is 0 Å². The Bertz CT molecular complexity index is 1620. The van der Waals surface area contributed by atoms with Crippen molar-refractivity contribution in [2.75, 3.05) is 24.6 Å². The monoisotopic (exact) mass is 586 g/mol. The van der Waals surface area contributed by atoms with Crippen LogP contribution < -0.4 is 4.90 Å². The molecule has 2 aliphatic heterocycles. The van der Waals surface area contributed by atoms with Gasteiger partial charge < -0.3 is 14.2 Å². The fourth-order valence-corrected chi connectivity index (χ4v) is 7.16. The van der Waals surface area contributed by atoms with Gasteiger partial charge in [0.05, 0.1) is 12.6 Å². The van der Waals surface area contributed by atoms with Crippen LogP contribution in [0.15, 0.2) is 24.5 Å². The molecule has 3 fully saturated rings. The van der Waals surface area contributed by atoms with Crippen molar-refractivity contribution >= 4 is 22.8 Å². The lowest BCUT2D eigenvalue weighted by Crippen LogP contribution is -2.59. The molecule has 0 spiro atoms. The van der Waals surface area contributed by atoms with Crippen LogP contribution in [-0.4, -0.2) is 77.8 Å². The van der Waals surface area contributed by atoms with Crippen LogP contribution in [0.25, 0.3) is 16.9 Å². The smallest absolute Gasteiger partial charge is 0.258 e. The maximum Gasteiger partial charge on any atom is 0.258 e. The maximum atomic E-state index is 14.3. The molecular formula is C29H34F4N8O. The highest BCUT2D eigenvalue weighted by Crippen LogP contribution is 2.51. The van der Waals surface area contributed by atoms with Crippen LogP contribution in [0.5, 0.6) is 0 Å². The molecule has 3 aromatic heterocycles. The molecule has 2 saturated heterocycles. The molecule has 0 unspecified atom stereocenters. The van der Waals surface area contributed by atoms with E-state index < -0.39 is 23.6 Å². The van der Waals surface area contributed by atoms with Crippen molar-refractivity contribution < 1.29 is 22.3 Å². The summed E-state index contributed by atoms with van der Waals surface area (Å²) in [5.74, 6) is -3.02. The highest BCUT2D eigenvalue weighted by Gasteiger charge is 2.51. The molecular weight excluding hydrogens is 552 g/mol. The first-order valence-electron chi connectivity index (χ1n) is 14.6. The number of ether oxygens (including phenoxy) is 1. The third kappa shape index (κ3) is 4.61. The largest absolute Gasteiger partial charge is 0.376 e. The minimum absolute atomic E-state index is 0.0840. The quantitative estimate of drug-likeness (QED) is 0.297. The van der Waals surface area contributed by atoms with Gasteiger partial charge in [0.2, 0.25) is 5.92 Å². The molecule has 3 aliphatic rings. The van der Waals surface area contributed by atoms with E-state index >= 15 is 0 Å². The van der Waals surface area contributed by atoms with Crippen molar-refractivity contribution in [3.63, 3.8) is 0 Å². The second-order valence-corrected chi connectivity index (χ2v) is 12.2. The Balaban J connectivity index is 1.24. The normalized spacial score (nSPS) is 25.9. The molecule has 1 aromatic carbocycles. The number of aryl methyl sites for hydroxylation is 1. The Hall–Kier alpha value is -3.32. The SMILES string of the molecule is Cc1nc2c(N3C[C@@H](C)N([C@H](c4ccc(F)c(F)c4)C4CC(F)(F)C4)C[C@@H]3C)nc3nncn3c2n1C[C@@H]1CCCO1. The van der Waals surface area contributed by atoms with Crippen molar-refractivity contribution in [1.82, 2.24) is 34.0 Å². The Morgan fingerprint density at radius 3 is 2.60 bits per heavy atom. The third-order valence-corrected chi connectivity index (χ3v) is 9.23. The predicted molar refractivity (Wildman–Crippen MR) is 148 cm³/mol. The molecule has 0 bridgehead atoms. The van der Waals surface area contributed by atoms with Crippen LogP contribution in [-0.2, 0) is 11.3 Å². The Morgan fingerprint density at radius 2 is 1.88 bits per heavy atom. The lowest BCUT2D eigenvalue weighted by molar-refractivity contribution is -0.137. The summed E-state index contributed by atoms with van der Waals surface area (Å²) in [6.45, 7) is 8.55. The maximum absolute atomic E-state index is 14.3. The topological polar surface area (TPSA) is 76.6 Å². The van der Waals surface area contributed by atoms with E-state index in [0.29, 0.717) is 36.8 Å². The minimum Gasteiger partial charge on any atom is -0.376 e. The summed E-state index contributed by atoms with van der Waals surface area (Å²) in [6, 6.07) is 3.13. The zero-order valence-corrected chi connectivity index (χ0v) is 23.9. The molecule has 4 aromatic rings. The minimum atomic E-state index is -2.73. The molecule has 9 nitrogen and oxygen atoms in total. The Labute approximate surface area is 240 Å². The van der Waals surface area contributed by atoms with Gasteiger partial charge in [0.1, 0.15) is 17.7 Å². The summed E-state index contributed by atoms with van der Waals surface area (Å²) in [6.07, 6.45) is 3.24. The molecule has 0 radical (unpaired) electrons. The van der Waals surface area contributed by atoms with E-state index in [4.69, 9.17) is 14.7 Å². The second kappa shape index (κ2) is 10.1. The van der Waals surface area contributed by atoms with E-state index in [0.717, 1.165) is 48.6 Å². The molecule has 1 aliphatic carbocycles. The summed E-state index contributed by atoms with van der Waals surface area (Å²) >= 11 is 0. The van der Waals surface area contributed by atoms with Crippen molar-refractivity contribution in [2.24, 2.45) is 5.92 Å². The molecule has 1 saturated carbocycles. The van der Waals surface area contributed by atoms with Crippen molar-refractivity contribution in [3.05, 3.63) is 47.5 Å². The van der Waals surface area contributed by atoms with E-state index in [2.05, 4.69) is 31.5 Å². The van der Waals surface area contributed by atoms with Crippen LogP contribution >= 0.6 is 0 Å². The van der Waals surface area contributed by atoms with Crippen LogP contribution in [0.4, 0.5) is 23.4 Å². The lowest BCUT2D eigenvalue weighted by Gasteiger charge is -2.52. The average Bonchev–Trinajstić information content (AvgIpc) is 3.68. The van der Waals surface area contributed by atoms with E-state index in [1.807, 2.05) is 18.2 Å². The predicted octanol–water partition coefficient (Wildman–Crippen LogP) is 4.93. The van der Waals surface area contributed by atoms with Gasteiger partial charge in [-0.05, 0) is 57.2 Å². The van der Waals surface area contributed by atoms with Crippen LogP contribution in [0.2, 0.25) is 0 Å². The number of anilines is 1. The number of halogens is 4. The number of aromatic nitrogens is 6. The molecule has 224 valence electrons. The average molecular weight is 587 g/mol. The summed E-state index contributed by atoms with van der Waals surface area (Å²) in [5, 5.41) is 8.38. The van der Waals surface area contributed by atoms with Gasteiger partial charge in [-0.1, -0.05) is 6.07 Å². The van der Waals surface area contributed by atoms with Gasteiger partial charge in [-0.15, -0.1) is 10.2 Å².